The zero-order valence-corrected chi connectivity index (χ0v) is 15.5. The van der Waals surface area contributed by atoms with Crippen LogP contribution in [0.4, 0.5) is 14.5 Å². The molecule has 1 saturated heterocycles. The number of hydrogen-bond donors (Lipinski definition) is 1. The number of halogens is 2. The predicted octanol–water partition coefficient (Wildman–Crippen LogP) is 3.07. The maximum atomic E-state index is 14.4. The average molecular weight is 390 g/mol. The van der Waals surface area contributed by atoms with Gasteiger partial charge in [-0.3, -0.25) is 0 Å². The minimum atomic E-state index is -3.50. The van der Waals surface area contributed by atoms with Crippen LogP contribution < -0.4 is 10.2 Å². The summed E-state index contributed by atoms with van der Waals surface area (Å²) in [5.41, 5.74) is 1.80. The fourth-order valence-corrected chi connectivity index (χ4v) is 6.45. The molecule has 4 nitrogen and oxygen atoms in total. The van der Waals surface area contributed by atoms with Gasteiger partial charge < -0.3 is 10.2 Å². The summed E-state index contributed by atoms with van der Waals surface area (Å²) < 4.78 is 54.7. The summed E-state index contributed by atoms with van der Waals surface area (Å²) in [7, 11) is -3.50. The summed E-state index contributed by atoms with van der Waals surface area (Å²) in [5.74, 6) is -1.16. The molecule has 1 N–H and O–H groups in total. The standard InChI is InChI=1S/C20H20F2N2O2S/c21-15-3-1-4-16(22)19(15)12-9-13-14-11-23-6-5-17(14)24-7-2-8-27(25,26)18(10-12)20(13)24/h1,3-4,9-10,14,17,23H,2,5-8,11H2/t14-,17-/m0/s1. The Kier molecular flexibility index (Phi) is 3.81. The Hall–Kier alpha value is -1.99. The van der Waals surface area contributed by atoms with Gasteiger partial charge in [-0.15, -0.1) is 0 Å². The number of nitrogens with zero attached hydrogens (tertiary/aromatic N) is 1. The second-order valence-electron chi connectivity index (χ2n) is 7.54. The molecule has 5 rings (SSSR count). The molecule has 0 unspecified atom stereocenters. The molecular weight excluding hydrogens is 370 g/mol. The topological polar surface area (TPSA) is 49.4 Å². The Balaban J connectivity index is 1.81. The summed E-state index contributed by atoms with van der Waals surface area (Å²) in [6.45, 7) is 2.34. The zero-order chi connectivity index (χ0) is 18.8. The van der Waals surface area contributed by atoms with Crippen molar-refractivity contribution in [3.63, 3.8) is 0 Å². The van der Waals surface area contributed by atoms with Gasteiger partial charge in [0.25, 0.3) is 0 Å². The molecule has 0 saturated carbocycles. The van der Waals surface area contributed by atoms with E-state index in [1.54, 1.807) is 6.07 Å². The Bertz CT molecular complexity index is 1020. The van der Waals surface area contributed by atoms with Crippen LogP contribution in [0.3, 0.4) is 0 Å². The first-order valence-electron chi connectivity index (χ1n) is 9.30. The quantitative estimate of drug-likeness (QED) is 0.813. The highest BCUT2D eigenvalue weighted by atomic mass is 32.2. The van der Waals surface area contributed by atoms with Gasteiger partial charge in [0.2, 0.25) is 0 Å². The van der Waals surface area contributed by atoms with Gasteiger partial charge in [0.15, 0.2) is 9.84 Å². The maximum Gasteiger partial charge on any atom is 0.180 e. The van der Waals surface area contributed by atoms with Gasteiger partial charge in [0.1, 0.15) is 11.6 Å². The molecule has 0 spiro atoms. The third-order valence-corrected chi connectivity index (χ3v) is 7.84. The monoisotopic (exact) mass is 390 g/mol. The molecule has 0 bridgehead atoms. The first kappa shape index (κ1) is 17.1. The van der Waals surface area contributed by atoms with Gasteiger partial charge in [-0.05, 0) is 54.8 Å². The molecule has 0 amide bonds. The Morgan fingerprint density at radius 1 is 1.15 bits per heavy atom. The number of rotatable bonds is 1. The molecule has 0 radical (unpaired) electrons. The van der Waals surface area contributed by atoms with E-state index in [1.165, 1.54) is 24.3 Å². The van der Waals surface area contributed by atoms with E-state index in [-0.39, 0.29) is 28.2 Å². The molecule has 0 aliphatic carbocycles. The van der Waals surface area contributed by atoms with E-state index in [2.05, 4.69) is 10.2 Å². The molecular formula is C20H20F2N2O2S. The number of piperidine rings is 1. The molecule has 142 valence electrons. The molecule has 3 heterocycles. The summed E-state index contributed by atoms with van der Waals surface area (Å²) in [6, 6.07) is 7.24. The summed E-state index contributed by atoms with van der Waals surface area (Å²) in [5, 5.41) is 3.38. The van der Waals surface area contributed by atoms with Crippen LogP contribution in [0.1, 0.15) is 24.3 Å². The van der Waals surface area contributed by atoms with E-state index < -0.39 is 21.5 Å². The van der Waals surface area contributed by atoms with Crippen LogP contribution in [0.15, 0.2) is 35.2 Å². The van der Waals surface area contributed by atoms with E-state index >= 15 is 0 Å². The molecule has 2 aromatic carbocycles. The van der Waals surface area contributed by atoms with Crippen LogP contribution in [0, 0.1) is 11.6 Å². The molecule has 3 aliphatic heterocycles. The second kappa shape index (κ2) is 6.01. The smallest absolute Gasteiger partial charge is 0.180 e. The third-order valence-electron chi connectivity index (χ3n) is 6.04. The Morgan fingerprint density at radius 2 is 1.93 bits per heavy atom. The number of benzene rings is 2. The molecule has 0 aromatic heterocycles. The van der Waals surface area contributed by atoms with Crippen LogP contribution >= 0.6 is 0 Å². The number of nitrogens with one attached hydrogen (secondary N) is 1. The first-order valence-corrected chi connectivity index (χ1v) is 10.9. The van der Waals surface area contributed by atoms with Crippen molar-refractivity contribution in [2.75, 3.05) is 30.3 Å². The van der Waals surface area contributed by atoms with E-state index in [1.807, 2.05) is 0 Å². The van der Waals surface area contributed by atoms with Crippen LogP contribution in [-0.2, 0) is 9.84 Å². The third kappa shape index (κ3) is 2.51. The van der Waals surface area contributed by atoms with Gasteiger partial charge in [-0.1, -0.05) is 6.07 Å². The van der Waals surface area contributed by atoms with Gasteiger partial charge in [0.05, 0.1) is 21.9 Å². The average Bonchev–Trinajstić information content (AvgIpc) is 2.87. The highest BCUT2D eigenvalue weighted by Gasteiger charge is 2.44. The van der Waals surface area contributed by atoms with Crippen molar-refractivity contribution in [2.24, 2.45) is 0 Å². The molecule has 27 heavy (non-hydrogen) atoms. The summed E-state index contributed by atoms with van der Waals surface area (Å²) in [4.78, 5) is 2.45. The van der Waals surface area contributed by atoms with Crippen molar-refractivity contribution in [1.29, 1.82) is 0 Å². The largest absolute Gasteiger partial charge is 0.367 e. The van der Waals surface area contributed by atoms with Crippen LogP contribution in [0.2, 0.25) is 0 Å². The maximum absolute atomic E-state index is 14.4. The molecule has 3 aliphatic rings. The zero-order valence-electron chi connectivity index (χ0n) is 14.7. The van der Waals surface area contributed by atoms with Crippen molar-refractivity contribution < 1.29 is 17.2 Å². The lowest BCUT2D eigenvalue weighted by molar-refractivity contribution is 0.403. The fraction of sp³-hybridized carbons (Fsp3) is 0.400. The van der Waals surface area contributed by atoms with Gasteiger partial charge >= 0.3 is 0 Å². The van der Waals surface area contributed by atoms with Crippen LogP contribution in [-0.4, -0.2) is 39.8 Å². The Morgan fingerprint density at radius 3 is 2.70 bits per heavy atom. The van der Waals surface area contributed by atoms with Crippen LogP contribution in [0.25, 0.3) is 11.1 Å². The summed E-state index contributed by atoms with van der Waals surface area (Å²) in [6.07, 6.45) is 1.50. The molecule has 2 atom stereocenters. The normalized spacial score (nSPS) is 25.6. The minimum absolute atomic E-state index is 0.0643. The summed E-state index contributed by atoms with van der Waals surface area (Å²) >= 11 is 0. The Labute approximate surface area is 157 Å². The van der Waals surface area contributed by atoms with E-state index in [9.17, 15) is 17.2 Å². The van der Waals surface area contributed by atoms with Crippen molar-refractivity contribution in [3.05, 3.63) is 47.5 Å². The lowest BCUT2D eigenvalue weighted by atomic mass is 9.88. The van der Waals surface area contributed by atoms with Gasteiger partial charge in [-0.2, -0.15) is 0 Å². The molecule has 2 aromatic rings. The van der Waals surface area contributed by atoms with E-state index in [0.717, 1.165) is 30.8 Å². The van der Waals surface area contributed by atoms with Gasteiger partial charge in [-0.25, -0.2) is 17.2 Å². The lowest BCUT2D eigenvalue weighted by Crippen LogP contribution is -2.44. The van der Waals surface area contributed by atoms with Crippen molar-refractivity contribution >= 4 is 15.5 Å². The highest BCUT2D eigenvalue weighted by molar-refractivity contribution is 7.91. The van der Waals surface area contributed by atoms with Crippen LogP contribution in [0.5, 0.6) is 0 Å². The number of anilines is 1. The van der Waals surface area contributed by atoms with Gasteiger partial charge in [0, 0.05) is 25.0 Å². The fourth-order valence-electron chi connectivity index (χ4n) is 4.89. The first-order chi connectivity index (χ1) is 13.0. The van der Waals surface area contributed by atoms with Crippen molar-refractivity contribution in [1.82, 2.24) is 5.32 Å². The van der Waals surface area contributed by atoms with E-state index in [4.69, 9.17) is 0 Å². The predicted molar refractivity (Wildman–Crippen MR) is 99.8 cm³/mol. The van der Waals surface area contributed by atoms with Crippen molar-refractivity contribution in [2.45, 2.75) is 29.7 Å². The van der Waals surface area contributed by atoms with Crippen molar-refractivity contribution in [3.8, 4) is 11.1 Å². The minimum Gasteiger partial charge on any atom is -0.367 e. The SMILES string of the molecule is O=S1(=O)CCCN2c3c(cc(-c4c(F)cccc4F)cc31)[C@@H]1CNCC[C@@H]12. The second-order valence-corrected chi connectivity index (χ2v) is 9.62. The highest BCUT2D eigenvalue weighted by Crippen LogP contribution is 2.50. The number of sulfone groups is 1. The lowest BCUT2D eigenvalue weighted by Gasteiger charge is -2.33. The van der Waals surface area contributed by atoms with E-state index in [0.29, 0.717) is 18.5 Å². The number of fused-ring (bicyclic) bond motifs is 3. The number of hydrogen-bond acceptors (Lipinski definition) is 4. The molecule has 1 fully saturated rings. The molecule has 7 heteroatoms.